The highest BCUT2D eigenvalue weighted by Crippen LogP contribution is 2.28. The SMILES string of the molecule is COc1ccc(N(Cc2cnccc2C)C2CCN(CC[C@@H](C)N)CC2)cc1. The fraction of sp³-hybridized carbons (Fsp3) is 0.522. The number of hydrogen-bond acceptors (Lipinski definition) is 5. The second-order valence-corrected chi connectivity index (χ2v) is 7.97. The van der Waals surface area contributed by atoms with Crippen molar-refractivity contribution in [2.45, 2.75) is 51.7 Å². The van der Waals surface area contributed by atoms with Crippen molar-refractivity contribution < 1.29 is 4.74 Å². The normalized spacial score (nSPS) is 16.7. The van der Waals surface area contributed by atoms with Crippen molar-refractivity contribution in [1.29, 1.82) is 0 Å². The third-order valence-corrected chi connectivity index (χ3v) is 5.79. The van der Waals surface area contributed by atoms with Gasteiger partial charge in [-0.2, -0.15) is 0 Å². The van der Waals surface area contributed by atoms with Crippen LogP contribution in [-0.4, -0.2) is 48.7 Å². The largest absolute Gasteiger partial charge is 0.497 e. The first-order valence-electron chi connectivity index (χ1n) is 10.3. The second-order valence-electron chi connectivity index (χ2n) is 7.97. The van der Waals surface area contributed by atoms with Crippen molar-refractivity contribution in [3.05, 3.63) is 53.9 Å². The Morgan fingerprint density at radius 3 is 2.54 bits per heavy atom. The van der Waals surface area contributed by atoms with Crippen molar-refractivity contribution >= 4 is 5.69 Å². The van der Waals surface area contributed by atoms with Gasteiger partial charge >= 0.3 is 0 Å². The number of aromatic nitrogens is 1. The molecule has 152 valence electrons. The Bertz CT molecular complexity index is 724. The van der Waals surface area contributed by atoms with Gasteiger partial charge in [-0.05, 0) is 81.1 Å². The monoisotopic (exact) mass is 382 g/mol. The Hall–Kier alpha value is -2.11. The van der Waals surface area contributed by atoms with Crippen LogP contribution in [0.15, 0.2) is 42.7 Å². The molecule has 1 saturated heterocycles. The molecule has 28 heavy (non-hydrogen) atoms. The predicted octanol–water partition coefficient (Wildman–Crippen LogP) is 3.61. The molecular formula is C23H34N4O. The van der Waals surface area contributed by atoms with E-state index in [0.29, 0.717) is 6.04 Å². The summed E-state index contributed by atoms with van der Waals surface area (Å²) in [6.07, 6.45) is 7.29. The van der Waals surface area contributed by atoms with Gasteiger partial charge in [0, 0.05) is 49.8 Å². The van der Waals surface area contributed by atoms with Gasteiger partial charge in [0.05, 0.1) is 7.11 Å². The molecule has 0 bridgehead atoms. The van der Waals surface area contributed by atoms with Gasteiger partial charge in [-0.15, -0.1) is 0 Å². The van der Waals surface area contributed by atoms with Gasteiger partial charge in [0.1, 0.15) is 5.75 Å². The molecule has 1 aromatic carbocycles. The van der Waals surface area contributed by atoms with Gasteiger partial charge in [-0.3, -0.25) is 4.98 Å². The third-order valence-electron chi connectivity index (χ3n) is 5.79. The van der Waals surface area contributed by atoms with Crippen molar-refractivity contribution in [3.63, 3.8) is 0 Å². The van der Waals surface area contributed by atoms with Gasteiger partial charge in [0.25, 0.3) is 0 Å². The molecule has 1 aliphatic rings. The standard InChI is InChI=1S/C23H34N4O/c1-18-8-12-25-16-20(18)17-27(21-4-6-23(28-3)7-5-21)22-10-14-26(15-11-22)13-9-19(2)24/h4-8,12,16,19,22H,9-11,13-15,17,24H2,1-3H3/t19-/m1/s1. The summed E-state index contributed by atoms with van der Waals surface area (Å²) in [6, 6.07) is 11.4. The van der Waals surface area contributed by atoms with Crippen LogP contribution < -0.4 is 15.4 Å². The average Bonchev–Trinajstić information content (AvgIpc) is 2.72. The van der Waals surface area contributed by atoms with Crippen LogP contribution in [0.25, 0.3) is 0 Å². The topological polar surface area (TPSA) is 54.6 Å². The summed E-state index contributed by atoms with van der Waals surface area (Å²) in [5.74, 6) is 0.895. The highest BCUT2D eigenvalue weighted by Gasteiger charge is 2.25. The maximum absolute atomic E-state index is 5.93. The summed E-state index contributed by atoms with van der Waals surface area (Å²) in [5, 5.41) is 0. The number of aryl methyl sites for hydroxylation is 1. The van der Waals surface area contributed by atoms with E-state index in [-0.39, 0.29) is 6.04 Å². The smallest absolute Gasteiger partial charge is 0.119 e. The molecule has 1 aliphatic heterocycles. The minimum atomic E-state index is 0.280. The van der Waals surface area contributed by atoms with Crippen LogP contribution in [-0.2, 0) is 6.54 Å². The zero-order valence-electron chi connectivity index (χ0n) is 17.5. The zero-order chi connectivity index (χ0) is 19.9. The highest BCUT2D eigenvalue weighted by atomic mass is 16.5. The zero-order valence-corrected chi connectivity index (χ0v) is 17.5. The van der Waals surface area contributed by atoms with Gasteiger partial charge in [0.2, 0.25) is 0 Å². The molecule has 0 spiro atoms. The Morgan fingerprint density at radius 2 is 1.93 bits per heavy atom. The molecule has 5 heteroatoms. The number of ether oxygens (including phenoxy) is 1. The van der Waals surface area contributed by atoms with E-state index in [4.69, 9.17) is 10.5 Å². The van der Waals surface area contributed by atoms with Crippen LogP contribution in [0.3, 0.4) is 0 Å². The summed E-state index contributed by atoms with van der Waals surface area (Å²) in [4.78, 5) is 9.46. The molecule has 0 saturated carbocycles. The van der Waals surface area contributed by atoms with Crippen LogP contribution in [0.2, 0.25) is 0 Å². The van der Waals surface area contributed by atoms with E-state index < -0.39 is 0 Å². The first-order valence-corrected chi connectivity index (χ1v) is 10.3. The Balaban J connectivity index is 1.74. The number of rotatable bonds is 8. The summed E-state index contributed by atoms with van der Waals surface area (Å²) >= 11 is 0. The van der Waals surface area contributed by atoms with Crippen LogP contribution >= 0.6 is 0 Å². The van der Waals surface area contributed by atoms with E-state index in [9.17, 15) is 0 Å². The van der Waals surface area contributed by atoms with Gasteiger partial charge < -0.3 is 20.3 Å². The molecule has 5 nitrogen and oxygen atoms in total. The molecule has 1 fully saturated rings. The van der Waals surface area contributed by atoms with E-state index in [1.54, 1.807) is 7.11 Å². The lowest BCUT2D eigenvalue weighted by molar-refractivity contribution is 0.203. The summed E-state index contributed by atoms with van der Waals surface area (Å²) in [5.41, 5.74) is 9.77. The average molecular weight is 383 g/mol. The Kier molecular flexibility index (Phi) is 7.29. The Labute approximate surface area is 169 Å². The maximum atomic E-state index is 5.93. The van der Waals surface area contributed by atoms with Crippen molar-refractivity contribution in [1.82, 2.24) is 9.88 Å². The minimum Gasteiger partial charge on any atom is -0.497 e. The number of nitrogens with two attached hydrogens (primary N) is 1. The predicted molar refractivity (Wildman–Crippen MR) is 116 cm³/mol. The van der Waals surface area contributed by atoms with Crippen molar-refractivity contribution in [2.75, 3.05) is 31.6 Å². The molecule has 1 aromatic heterocycles. The number of methoxy groups -OCH3 is 1. The molecule has 2 heterocycles. The molecular weight excluding hydrogens is 348 g/mol. The third kappa shape index (κ3) is 5.46. The van der Waals surface area contributed by atoms with E-state index in [1.165, 1.54) is 29.7 Å². The summed E-state index contributed by atoms with van der Waals surface area (Å²) in [6.45, 7) is 8.52. The van der Waals surface area contributed by atoms with Gasteiger partial charge in [0.15, 0.2) is 0 Å². The number of benzene rings is 1. The Morgan fingerprint density at radius 1 is 1.21 bits per heavy atom. The van der Waals surface area contributed by atoms with E-state index in [2.05, 4.69) is 59.0 Å². The van der Waals surface area contributed by atoms with Crippen LogP contribution in [0, 0.1) is 6.92 Å². The molecule has 0 aliphatic carbocycles. The van der Waals surface area contributed by atoms with Gasteiger partial charge in [-0.1, -0.05) is 0 Å². The molecule has 0 unspecified atom stereocenters. The fourth-order valence-corrected chi connectivity index (χ4v) is 3.89. The lowest BCUT2D eigenvalue weighted by Crippen LogP contribution is -2.45. The number of nitrogens with zero attached hydrogens (tertiary/aromatic N) is 3. The number of piperidine rings is 1. The second kappa shape index (κ2) is 9.89. The molecule has 0 amide bonds. The fourth-order valence-electron chi connectivity index (χ4n) is 3.89. The lowest BCUT2D eigenvalue weighted by Gasteiger charge is -2.40. The minimum absolute atomic E-state index is 0.280. The highest BCUT2D eigenvalue weighted by molar-refractivity contribution is 5.51. The number of anilines is 1. The molecule has 2 N–H and O–H groups in total. The molecule has 1 atom stereocenters. The van der Waals surface area contributed by atoms with Crippen LogP contribution in [0.1, 0.15) is 37.3 Å². The van der Waals surface area contributed by atoms with Crippen molar-refractivity contribution in [2.24, 2.45) is 5.73 Å². The molecule has 3 rings (SSSR count). The van der Waals surface area contributed by atoms with Gasteiger partial charge in [-0.25, -0.2) is 0 Å². The summed E-state index contributed by atoms with van der Waals surface area (Å²) < 4.78 is 5.35. The van der Waals surface area contributed by atoms with Crippen molar-refractivity contribution in [3.8, 4) is 5.75 Å². The first kappa shape index (κ1) is 20.6. The number of pyridine rings is 1. The quantitative estimate of drug-likeness (QED) is 0.756. The van der Waals surface area contributed by atoms with E-state index in [1.807, 2.05) is 12.4 Å². The lowest BCUT2D eigenvalue weighted by atomic mass is 10.00. The molecule has 2 aromatic rings. The maximum Gasteiger partial charge on any atom is 0.119 e. The number of hydrogen-bond donors (Lipinski definition) is 1. The molecule has 0 radical (unpaired) electrons. The van der Waals surface area contributed by atoms with E-state index in [0.717, 1.165) is 38.3 Å². The number of likely N-dealkylation sites (tertiary alicyclic amines) is 1. The first-order chi connectivity index (χ1) is 13.6. The van der Waals surface area contributed by atoms with E-state index >= 15 is 0 Å². The van der Waals surface area contributed by atoms with Crippen LogP contribution in [0.5, 0.6) is 5.75 Å². The van der Waals surface area contributed by atoms with Crippen LogP contribution in [0.4, 0.5) is 5.69 Å². The summed E-state index contributed by atoms with van der Waals surface area (Å²) in [7, 11) is 1.71.